The Morgan fingerprint density at radius 1 is 1.32 bits per heavy atom. The Bertz CT molecular complexity index is 367. The fourth-order valence-electron chi connectivity index (χ4n) is 5.31. The summed E-state index contributed by atoms with van der Waals surface area (Å²) >= 11 is 4.02. The maximum atomic E-state index is 12.3. The van der Waals surface area contributed by atoms with Gasteiger partial charge in [0.2, 0.25) is 5.91 Å². The highest BCUT2D eigenvalue weighted by Gasteiger charge is 2.57. The third-order valence-corrected chi connectivity index (χ3v) is 6.59. The SMILES string of the molecule is CCC(C)NC(=O)CC12CC3CC(CC(Br)(C3)C1)C2. The molecule has 1 amide bonds. The van der Waals surface area contributed by atoms with Crippen molar-refractivity contribution >= 4 is 21.8 Å². The lowest BCUT2D eigenvalue weighted by Gasteiger charge is -2.60. The van der Waals surface area contributed by atoms with E-state index in [1.807, 2.05) is 0 Å². The maximum absolute atomic E-state index is 12.3. The van der Waals surface area contributed by atoms with Crippen LogP contribution in [-0.2, 0) is 4.79 Å². The van der Waals surface area contributed by atoms with Gasteiger partial charge in [0, 0.05) is 16.8 Å². The molecule has 4 aliphatic carbocycles. The van der Waals surface area contributed by atoms with Gasteiger partial charge in [-0.3, -0.25) is 4.79 Å². The summed E-state index contributed by atoms with van der Waals surface area (Å²) in [7, 11) is 0. The molecule has 3 unspecified atom stereocenters. The lowest BCUT2D eigenvalue weighted by molar-refractivity contribution is -0.128. The largest absolute Gasteiger partial charge is 0.354 e. The van der Waals surface area contributed by atoms with E-state index in [-0.39, 0.29) is 5.91 Å². The van der Waals surface area contributed by atoms with Crippen LogP contribution in [0, 0.1) is 17.3 Å². The molecular formula is C16H26BrNO. The van der Waals surface area contributed by atoms with Gasteiger partial charge < -0.3 is 5.32 Å². The first-order valence-electron chi connectivity index (χ1n) is 7.90. The van der Waals surface area contributed by atoms with Crippen LogP contribution < -0.4 is 5.32 Å². The number of halogens is 1. The van der Waals surface area contributed by atoms with Crippen molar-refractivity contribution in [3.8, 4) is 0 Å². The van der Waals surface area contributed by atoms with Gasteiger partial charge in [0.15, 0.2) is 0 Å². The fourth-order valence-corrected chi connectivity index (χ4v) is 6.82. The monoisotopic (exact) mass is 327 g/mol. The van der Waals surface area contributed by atoms with E-state index < -0.39 is 0 Å². The van der Waals surface area contributed by atoms with Crippen molar-refractivity contribution in [2.75, 3.05) is 0 Å². The first-order valence-corrected chi connectivity index (χ1v) is 8.70. The molecule has 19 heavy (non-hydrogen) atoms. The first kappa shape index (κ1) is 13.9. The molecule has 1 N–H and O–H groups in total. The molecule has 3 atom stereocenters. The second kappa shape index (κ2) is 4.75. The molecule has 4 aliphatic rings. The van der Waals surface area contributed by atoms with Crippen LogP contribution in [0.25, 0.3) is 0 Å². The van der Waals surface area contributed by atoms with E-state index in [2.05, 4.69) is 35.1 Å². The van der Waals surface area contributed by atoms with Crippen LogP contribution in [0.2, 0.25) is 0 Å². The quantitative estimate of drug-likeness (QED) is 0.776. The number of hydrogen-bond acceptors (Lipinski definition) is 1. The van der Waals surface area contributed by atoms with Crippen LogP contribution in [0.5, 0.6) is 0 Å². The second-order valence-electron chi connectivity index (χ2n) is 7.67. The Hall–Kier alpha value is -0.0500. The molecule has 2 nitrogen and oxygen atoms in total. The molecule has 4 saturated carbocycles. The molecule has 0 aromatic heterocycles. The van der Waals surface area contributed by atoms with E-state index in [0.29, 0.717) is 15.8 Å². The van der Waals surface area contributed by atoms with E-state index in [0.717, 1.165) is 24.7 Å². The van der Waals surface area contributed by atoms with E-state index in [1.165, 1.54) is 38.5 Å². The summed E-state index contributed by atoms with van der Waals surface area (Å²) in [6.45, 7) is 4.23. The molecule has 4 fully saturated rings. The summed E-state index contributed by atoms with van der Waals surface area (Å²) in [5.74, 6) is 2.03. The Balaban J connectivity index is 1.68. The molecule has 108 valence electrons. The predicted molar refractivity (Wildman–Crippen MR) is 81.3 cm³/mol. The van der Waals surface area contributed by atoms with Gasteiger partial charge in [0.1, 0.15) is 0 Å². The third kappa shape index (κ3) is 2.72. The average molecular weight is 328 g/mol. The summed E-state index contributed by atoms with van der Waals surface area (Å²) in [5, 5.41) is 3.16. The minimum Gasteiger partial charge on any atom is -0.354 e. The molecule has 0 heterocycles. The summed E-state index contributed by atoms with van der Waals surface area (Å²) in [5.41, 5.74) is 0.311. The Morgan fingerprint density at radius 3 is 2.47 bits per heavy atom. The topological polar surface area (TPSA) is 29.1 Å². The van der Waals surface area contributed by atoms with Gasteiger partial charge in [-0.05, 0) is 69.1 Å². The van der Waals surface area contributed by atoms with E-state index >= 15 is 0 Å². The number of hydrogen-bond donors (Lipinski definition) is 1. The Morgan fingerprint density at radius 2 is 1.95 bits per heavy atom. The van der Waals surface area contributed by atoms with Gasteiger partial charge in [0.05, 0.1) is 0 Å². The van der Waals surface area contributed by atoms with Crippen LogP contribution >= 0.6 is 15.9 Å². The Kier molecular flexibility index (Phi) is 3.48. The van der Waals surface area contributed by atoms with Crippen molar-refractivity contribution in [3.05, 3.63) is 0 Å². The zero-order chi connectivity index (χ0) is 13.7. The molecule has 0 aromatic rings. The molecule has 4 bridgehead atoms. The van der Waals surface area contributed by atoms with Gasteiger partial charge in [0.25, 0.3) is 0 Å². The zero-order valence-electron chi connectivity index (χ0n) is 12.2. The maximum Gasteiger partial charge on any atom is 0.220 e. The molecule has 0 radical (unpaired) electrons. The van der Waals surface area contributed by atoms with E-state index in [1.54, 1.807) is 0 Å². The van der Waals surface area contributed by atoms with Crippen molar-refractivity contribution in [1.29, 1.82) is 0 Å². The summed E-state index contributed by atoms with van der Waals surface area (Å²) in [4.78, 5) is 12.3. The molecular weight excluding hydrogens is 302 g/mol. The lowest BCUT2D eigenvalue weighted by Crippen LogP contribution is -2.54. The van der Waals surface area contributed by atoms with Gasteiger partial charge in [-0.2, -0.15) is 0 Å². The third-order valence-electron chi connectivity index (χ3n) is 5.67. The van der Waals surface area contributed by atoms with Crippen LogP contribution in [0.4, 0.5) is 0 Å². The van der Waals surface area contributed by atoms with Crippen molar-refractivity contribution in [2.45, 2.75) is 75.6 Å². The molecule has 0 aromatic carbocycles. The van der Waals surface area contributed by atoms with Gasteiger partial charge in [-0.1, -0.05) is 22.9 Å². The zero-order valence-corrected chi connectivity index (χ0v) is 13.8. The predicted octanol–water partition coefficient (Wildman–Crippen LogP) is 4.03. The lowest BCUT2D eigenvalue weighted by atomic mass is 9.48. The van der Waals surface area contributed by atoms with Gasteiger partial charge in [-0.15, -0.1) is 0 Å². The summed E-state index contributed by atoms with van der Waals surface area (Å²) < 4.78 is 0.369. The highest BCUT2D eigenvalue weighted by atomic mass is 79.9. The number of alkyl halides is 1. The number of amides is 1. The smallest absolute Gasteiger partial charge is 0.220 e. The van der Waals surface area contributed by atoms with Crippen LogP contribution in [0.3, 0.4) is 0 Å². The fraction of sp³-hybridized carbons (Fsp3) is 0.938. The molecule has 0 spiro atoms. The van der Waals surface area contributed by atoms with Gasteiger partial charge >= 0.3 is 0 Å². The number of rotatable bonds is 4. The Labute approximate surface area is 125 Å². The molecule has 0 saturated heterocycles. The minimum absolute atomic E-state index is 0.285. The summed E-state index contributed by atoms with van der Waals surface area (Å²) in [6.07, 6.45) is 9.71. The van der Waals surface area contributed by atoms with Crippen LogP contribution in [-0.4, -0.2) is 16.3 Å². The van der Waals surface area contributed by atoms with E-state index in [4.69, 9.17) is 0 Å². The first-order chi connectivity index (χ1) is 8.92. The van der Waals surface area contributed by atoms with Crippen molar-refractivity contribution in [1.82, 2.24) is 5.32 Å². The van der Waals surface area contributed by atoms with Crippen molar-refractivity contribution < 1.29 is 4.79 Å². The van der Waals surface area contributed by atoms with E-state index in [9.17, 15) is 4.79 Å². The van der Waals surface area contributed by atoms with Crippen molar-refractivity contribution in [2.24, 2.45) is 17.3 Å². The van der Waals surface area contributed by atoms with Crippen molar-refractivity contribution in [3.63, 3.8) is 0 Å². The molecule has 4 rings (SSSR count). The highest BCUT2D eigenvalue weighted by Crippen LogP contribution is 2.65. The van der Waals surface area contributed by atoms with Gasteiger partial charge in [-0.25, -0.2) is 0 Å². The number of carbonyl (C=O) groups excluding carboxylic acids is 1. The minimum atomic E-state index is 0.285. The molecule has 0 aliphatic heterocycles. The number of nitrogens with one attached hydrogen (secondary N) is 1. The van der Waals surface area contributed by atoms with Crippen LogP contribution in [0.1, 0.15) is 65.2 Å². The highest BCUT2D eigenvalue weighted by molar-refractivity contribution is 9.10. The van der Waals surface area contributed by atoms with Crippen LogP contribution in [0.15, 0.2) is 0 Å². The standard InChI is InChI=1S/C16H26BrNO/c1-3-11(2)18-14(19)9-15-5-12-4-13(6-15)8-16(17,7-12)10-15/h11-13H,3-10H2,1-2H3,(H,18,19). The average Bonchev–Trinajstić information content (AvgIpc) is 2.23. The normalized spacial score (nSPS) is 45.2. The molecule has 3 heteroatoms. The number of carbonyl (C=O) groups is 1. The summed E-state index contributed by atoms with van der Waals surface area (Å²) in [6, 6.07) is 0.319. The second-order valence-corrected chi connectivity index (χ2v) is 9.35.